The van der Waals surface area contributed by atoms with Crippen molar-refractivity contribution in [2.24, 2.45) is 5.92 Å². The third-order valence-electron chi connectivity index (χ3n) is 3.76. The van der Waals surface area contributed by atoms with Crippen LogP contribution in [0.3, 0.4) is 0 Å². The van der Waals surface area contributed by atoms with Crippen LogP contribution in [0.2, 0.25) is 0 Å². The molecule has 0 bridgehead atoms. The first kappa shape index (κ1) is 17.6. The van der Waals surface area contributed by atoms with Crippen molar-refractivity contribution >= 4 is 17.0 Å². The summed E-state index contributed by atoms with van der Waals surface area (Å²) in [6, 6.07) is 0.105. The SMILES string of the molecule is CC(C)C(NCCCS(=O)O)C(=O)NC1CCCCC1. The second kappa shape index (κ2) is 9.47. The molecular formula is C14H28N2O3S. The lowest BCUT2D eigenvalue weighted by Gasteiger charge is -2.27. The predicted molar refractivity (Wildman–Crippen MR) is 81.9 cm³/mol. The van der Waals surface area contributed by atoms with E-state index in [2.05, 4.69) is 10.6 Å². The van der Waals surface area contributed by atoms with Crippen LogP contribution in [0.15, 0.2) is 0 Å². The van der Waals surface area contributed by atoms with Crippen LogP contribution in [0.1, 0.15) is 52.4 Å². The smallest absolute Gasteiger partial charge is 0.237 e. The Bertz CT molecular complexity index is 318. The number of nitrogens with one attached hydrogen (secondary N) is 2. The van der Waals surface area contributed by atoms with Crippen molar-refractivity contribution < 1.29 is 13.6 Å². The molecule has 1 rings (SSSR count). The first-order chi connectivity index (χ1) is 9.50. The zero-order valence-electron chi connectivity index (χ0n) is 12.6. The van der Waals surface area contributed by atoms with Crippen molar-refractivity contribution in [3.63, 3.8) is 0 Å². The predicted octanol–water partition coefficient (Wildman–Crippen LogP) is 1.66. The van der Waals surface area contributed by atoms with E-state index in [1.165, 1.54) is 19.3 Å². The van der Waals surface area contributed by atoms with Gasteiger partial charge in [0.05, 0.1) is 11.8 Å². The molecule has 2 atom stereocenters. The highest BCUT2D eigenvalue weighted by atomic mass is 32.2. The third-order valence-corrected chi connectivity index (χ3v) is 4.40. The summed E-state index contributed by atoms with van der Waals surface area (Å²) in [5.41, 5.74) is 0. The molecule has 1 amide bonds. The Balaban J connectivity index is 2.35. The van der Waals surface area contributed by atoms with E-state index in [1.54, 1.807) is 0 Å². The van der Waals surface area contributed by atoms with E-state index in [0.29, 0.717) is 19.0 Å². The summed E-state index contributed by atoms with van der Waals surface area (Å²) in [6.45, 7) is 4.62. The first-order valence-corrected chi connectivity index (χ1v) is 8.89. The molecule has 0 aromatic heterocycles. The number of rotatable bonds is 8. The van der Waals surface area contributed by atoms with Crippen LogP contribution in [0.25, 0.3) is 0 Å². The van der Waals surface area contributed by atoms with Gasteiger partial charge in [-0.25, -0.2) is 4.21 Å². The van der Waals surface area contributed by atoms with Gasteiger partial charge in [0, 0.05) is 6.04 Å². The fraction of sp³-hybridized carbons (Fsp3) is 0.929. The minimum absolute atomic E-state index is 0.0667. The molecule has 20 heavy (non-hydrogen) atoms. The minimum atomic E-state index is -1.75. The van der Waals surface area contributed by atoms with Crippen LogP contribution < -0.4 is 10.6 Å². The Labute approximate surface area is 124 Å². The van der Waals surface area contributed by atoms with Crippen LogP contribution in [0.4, 0.5) is 0 Å². The maximum atomic E-state index is 12.3. The van der Waals surface area contributed by atoms with Crippen molar-refractivity contribution in [2.75, 3.05) is 12.3 Å². The quantitative estimate of drug-likeness (QED) is 0.471. The number of hydrogen-bond donors (Lipinski definition) is 3. The second-order valence-electron chi connectivity index (χ2n) is 5.90. The molecule has 0 aromatic carbocycles. The standard InChI is InChI=1S/C14H28N2O3S/c1-11(2)13(15-9-6-10-20(18)19)14(17)16-12-7-4-3-5-8-12/h11-13,15H,3-10H2,1-2H3,(H,16,17)(H,18,19). The molecule has 0 heterocycles. The van der Waals surface area contributed by atoms with E-state index in [0.717, 1.165) is 12.8 Å². The van der Waals surface area contributed by atoms with Gasteiger partial charge in [-0.1, -0.05) is 33.1 Å². The topological polar surface area (TPSA) is 78.4 Å². The van der Waals surface area contributed by atoms with Gasteiger partial charge in [-0.05, 0) is 31.7 Å². The molecule has 3 N–H and O–H groups in total. The van der Waals surface area contributed by atoms with Crippen molar-refractivity contribution in [1.82, 2.24) is 10.6 Å². The van der Waals surface area contributed by atoms with Crippen LogP contribution in [-0.2, 0) is 15.9 Å². The van der Waals surface area contributed by atoms with Crippen molar-refractivity contribution in [1.29, 1.82) is 0 Å². The lowest BCUT2D eigenvalue weighted by molar-refractivity contribution is -0.125. The Kier molecular flexibility index (Phi) is 8.33. The van der Waals surface area contributed by atoms with Gasteiger partial charge in [-0.3, -0.25) is 4.79 Å². The maximum Gasteiger partial charge on any atom is 0.237 e. The van der Waals surface area contributed by atoms with E-state index >= 15 is 0 Å². The molecule has 0 aliphatic heterocycles. The number of carbonyl (C=O) groups excluding carboxylic acids is 1. The molecule has 0 saturated heterocycles. The highest BCUT2D eigenvalue weighted by molar-refractivity contribution is 7.79. The fourth-order valence-corrected chi connectivity index (χ4v) is 3.01. The molecule has 118 valence electrons. The lowest BCUT2D eigenvalue weighted by Crippen LogP contribution is -2.51. The van der Waals surface area contributed by atoms with Gasteiger partial charge in [-0.15, -0.1) is 0 Å². The van der Waals surface area contributed by atoms with Crippen LogP contribution in [0, 0.1) is 5.92 Å². The summed E-state index contributed by atoms with van der Waals surface area (Å²) in [5, 5.41) is 6.35. The minimum Gasteiger partial charge on any atom is -0.352 e. The molecule has 5 nitrogen and oxygen atoms in total. The second-order valence-corrected chi connectivity index (χ2v) is 6.95. The summed E-state index contributed by atoms with van der Waals surface area (Å²) in [7, 11) is 0. The van der Waals surface area contributed by atoms with Crippen LogP contribution in [0.5, 0.6) is 0 Å². The van der Waals surface area contributed by atoms with E-state index in [4.69, 9.17) is 4.55 Å². The maximum absolute atomic E-state index is 12.3. The monoisotopic (exact) mass is 304 g/mol. The highest BCUT2D eigenvalue weighted by Gasteiger charge is 2.24. The van der Waals surface area contributed by atoms with Gasteiger partial charge in [0.15, 0.2) is 11.1 Å². The van der Waals surface area contributed by atoms with E-state index in [1.807, 2.05) is 13.8 Å². The van der Waals surface area contributed by atoms with Crippen LogP contribution in [-0.4, -0.2) is 39.1 Å². The third kappa shape index (κ3) is 6.81. The van der Waals surface area contributed by atoms with E-state index in [9.17, 15) is 9.00 Å². The molecule has 1 fully saturated rings. The zero-order chi connectivity index (χ0) is 15.0. The Morgan fingerprint density at radius 3 is 2.50 bits per heavy atom. The normalized spacial score (nSPS) is 19.8. The summed E-state index contributed by atoms with van der Waals surface area (Å²) in [4.78, 5) is 12.3. The lowest BCUT2D eigenvalue weighted by atomic mass is 9.94. The molecule has 0 aromatic rings. The van der Waals surface area contributed by atoms with Gasteiger partial charge in [0.25, 0.3) is 0 Å². The molecule has 1 saturated carbocycles. The van der Waals surface area contributed by atoms with Crippen molar-refractivity contribution in [2.45, 2.75) is 64.5 Å². The number of carbonyl (C=O) groups is 1. The number of amides is 1. The van der Waals surface area contributed by atoms with Gasteiger partial charge in [0.2, 0.25) is 5.91 Å². The molecule has 0 radical (unpaired) electrons. The first-order valence-electron chi connectivity index (χ1n) is 7.62. The molecule has 0 spiro atoms. The number of hydrogen-bond acceptors (Lipinski definition) is 3. The van der Waals surface area contributed by atoms with E-state index in [-0.39, 0.29) is 23.6 Å². The van der Waals surface area contributed by atoms with Crippen molar-refractivity contribution in [3.8, 4) is 0 Å². The molecular weight excluding hydrogens is 276 g/mol. The Hall–Kier alpha value is -0.460. The largest absolute Gasteiger partial charge is 0.352 e. The van der Waals surface area contributed by atoms with Crippen LogP contribution >= 0.6 is 0 Å². The average Bonchev–Trinajstić information content (AvgIpc) is 2.38. The molecule has 1 aliphatic rings. The Morgan fingerprint density at radius 2 is 1.95 bits per heavy atom. The average molecular weight is 304 g/mol. The van der Waals surface area contributed by atoms with Gasteiger partial charge < -0.3 is 15.2 Å². The summed E-state index contributed by atoms with van der Waals surface area (Å²) < 4.78 is 19.3. The zero-order valence-corrected chi connectivity index (χ0v) is 13.4. The van der Waals surface area contributed by atoms with Gasteiger partial charge >= 0.3 is 0 Å². The Morgan fingerprint density at radius 1 is 1.30 bits per heavy atom. The van der Waals surface area contributed by atoms with Gasteiger partial charge in [-0.2, -0.15) is 0 Å². The highest BCUT2D eigenvalue weighted by Crippen LogP contribution is 2.17. The molecule has 6 heteroatoms. The summed E-state index contributed by atoms with van der Waals surface area (Å²) >= 11 is -1.75. The molecule has 2 unspecified atom stereocenters. The molecule has 1 aliphatic carbocycles. The van der Waals surface area contributed by atoms with Crippen molar-refractivity contribution in [3.05, 3.63) is 0 Å². The summed E-state index contributed by atoms with van der Waals surface area (Å²) in [5.74, 6) is 0.525. The van der Waals surface area contributed by atoms with Gasteiger partial charge in [0.1, 0.15) is 0 Å². The summed E-state index contributed by atoms with van der Waals surface area (Å²) in [6.07, 6.45) is 6.44. The van der Waals surface area contributed by atoms with E-state index < -0.39 is 11.1 Å². The fourth-order valence-electron chi connectivity index (χ4n) is 2.62.